The fourth-order valence-electron chi connectivity index (χ4n) is 2.91. The number of likely N-dealkylation sites (N-methyl/N-ethyl adjacent to an activating group) is 1. The van der Waals surface area contributed by atoms with Crippen LogP contribution in [0.1, 0.15) is 12.5 Å². The third-order valence-corrected chi connectivity index (χ3v) is 4.66. The maximum Gasteiger partial charge on any atom is 0.241 e. The van der Waals surface area contributed by atoms with E-state index in [0.717, 1.165) is 22.4 Å². The average molecular weight is 362 g/mol. The van der Waals surface area contributed by atoms with Crippen molar-refractivity contribution in [3.05, 3.63) is 90.2 Å². The summed E-state index contributed by atoms with van der Waals surface area (Å²) in [4.78, 5) is 14.7. The van der Waals surface area contributed by atoms with E-state index in [-0.39, 0.29) is 17.8 Å². The van der Waals surface area contributed by atoms with Crippen molar-refractivity contribution < 1.29 is 9.18 Å². The third kappa shape index (κ3) is 4.80. The summed E-state index contributed by atoms with van der Waals surface area (Å²) in [5.41, 5.74) is 3.79. The molecule has 0 fully saturated rings. The van der Waals surface area contributed by atoms with Crippen molar-refractivity contribution in [2.75, 3.05) is 12.4 Å². The summed E-state index contributed by atoms with van der Waals surface area (Å²) in [5.74, 6) is -0.340. The number of hydrogen-bond acceptors (Lipinski definition) is 2. The number of hydrogen-bond donors (Lipinski definition) is 1. The second-order valence-corrected chi connectivity index (χ2v) is 6.62. The van der Waals surface area contributed by atoms with Crippen LogP contribution in [0.4, 0.5) is 10.1 Å². The Kier molecular flexibility index (Phi) is 5.99. The smallest absolute Gasteiger partial charge is 0.241 e. The molecule has 0 heterocycles. The normalized spacial score (nSPS) is 12.0. The number of amides is 1. The molecule has 0 radical (unpaired) electrons. The van der Waals surface area contributed by atoms with Crippen LogP contribution in [0.3, 0.4) is 0 Å². The van der Waals surface area contributed by atoms with Crippen LogP contribution in [0.25, 0.3) is 11.1 Å². The molecule has 0 unspecified atom stereocenters. The molecule has 3 rings (SSSR count). The number of carbonyl (C=O) groups is 1. The maximum atomic E-state index is 13.1. The Morgan fingerprint density at radius 2 is 1.59 bits per heavy atom. The van der Waals surface area contributed by atoms with E-state index in [1.807, 2.05) is 73.5 Å². The van der Waals surface area contributed by atoms with Gasteiger partial charge in [-0.1, -0.05) is 60.7 Å². The van der Waals surface area contributed by atoms with Crippen molar-refractivity contribution in [3.8, 4) is 11.1 Å². The van der Waals surface area contributed by atoms with Crippen LogP contribution < -0.4 is 5.32 Å². The van der Waals surface area contributed by atoms with Gasteiger partial charge in [0.1, 0.15) is 5.82 Å². The Morgan fingerprint density at radius 1 is 0.963 bits per heavy atom. The van der Waals surface area contributed by atoms with E-state index >= 15 is 0 Å². The van der Waals surface area contributed by atoms with Crippen LogP contribution >= 0.6 is 0 Å². The minimum absolute atomic E-state index is 0.0806. The van der Waals surface area contributed by atoms with Gasteiger partial charge in [0.05, 0.1) is 6.04 Å². The predicted octanol–water partition coefficient (Wildman–Crippen LogP) is 4.95. The molecule has 0 spiro atoms. The lowest BCUT2D eigenvalue weighted by molar-refractivity contribution is -0.120. The van der Waals surface area contributed by atoms with Gasteiger partial charge in [0.2, 0.25) is 5.91 Å². The standard InChI is InChI=1S/C23H23FN2O/c1-17(26(2)16-18-12-14-20(24)15-13-18)23(27)25-22-11-7-6-10-21(22)19-8-4-3-5-9-19/h3-15,17H,16H2,1-2H3,(H,25,27)/t17-/m1/s1. The summed E-state index contributed by atoms with van der Waals surface area (Å²) in [5, 5.41) is 3.04. The van der Waals surface area contributed by atoms with Crippen LogP contribution in [0, 0.1) is 5.82 Å². The predicted molar refractivity (Wildman–Crippen MR) is 108 cm³/mol. The van der Waals surface area contributed by atoms with Crippen LogP contribution in [0.2, 0.25) is 0 Å². The molecule has 0 aliphatic rings. The molecule has 1 atom stereocenters. The number of benzene rings is 3. The van der Waals surface area contributed by atoms with Gasteiger partial charge >= 0.3 is 0 Å². The maximum absolute atomic E-state index is 13.1. The highest BCUT2D eigenvalue weighted by molar-refractivity contribution is 5.98. The van der Waals surface area contributed by atoms with Crippen molar-refractivity contribution in [1.82, 2.24) is 4.90 Å². The minimum atomic E-state index is -0.334. The number of carbonyl (C=O) groups excluding carboxylic acids is 1. The van der Waals surface area contributed by atoms with Crippen LogP contribution in [-0.4, -0.2) is 23.9 Å². The zero-order chi connectivity index (χ0) is 19.2. The van der Waals surface area contributed by atoms with E-state index in [1.54, 1.807) is 12.1 Å². The van der Waals surface area contributed by atoms with Gasteiger partial charge in [0, 0.05) is 17.8 Å². The summed E-state index contributed by atoms with van der Waals surface area (Å²) < 4.78 is 13.1. The zero-order valence-electron chi connectivity index (χ0n) is 15.5. The van der Waals surface area contributed by atoms with E-state index < -0.39 is 0 Å². The number of nitrogens with one attached hydrogen (secondary N) is 1. The molecule has 3 nitrogen and oxygen atoms in total. The van der Waals surface area contributed by atoms with E-state index in [2.05, 4.69) is 5.32 Å². The van der Waals surface area contributed by atoms with Gasteiger partial charge < -0.3 is 5.32 Å². The Hall–Kier alpha value is -2.98. The molecular formula is C23H23FN2O. The average Bonchev–Trinajstić information content (AvgIpc) is 2.70. The van der Waals surface area contributed by atoms with E-state index in [0.29, 0.717) is 6.54 Å². The summed E-state index contributed by atoms with van der Waals surface area (Å²) >= 11 is 0. The Balaban J connectivity index is 1.70. The number of rotatable bonds is 6. The number of nitrogens with zero attached hydrogens (tertiary/aromatic N) is 1. The van der Waals surface area contributed by atoms with Crippen LogP contribution in [-0.2, 0) is 11.3 Å². The highest BCUT2D eigenvalue weighted by Crippen LogP contribution is 2.27. The molecule has 27 heavy (non-hydrogen) atoms. The lowest BCUT2D eigenvalue weighted by atomic mass is 10.0. The summed E-state index contributed by atoms with van der Waals surface area (Å²) in [6.45, 7) is 2.43. The molecule has 0 aliphatic carbocycles. The second-order valence-electron chi connectivity index (χ2n) is 6.62. The molecule has 0 aromatic heterocycles. The molecule has 0 bridgehead atoms. The molecule has 1 amide bonds. The number of halogens is 1. The van der Waals surface area contributed by atoms with Crippen molar-refractivity contribution in [1.29, 1.82) is 0 Å². The van der Waals surface area contributed by atoms with E-state index in [9.17, 15) is 9.18 Å². The second kappa shape index (κ2) is 8.60. The molecular weight excluding hydrogens is 339 g/mol. The van der Waals surface area contributed by atoms with Gasteiger partial charge in [-0.3, -0.25) is 9.69 Å². The van der Waals surface area contributed by atoms with Gasteiger partial charge in [-0.25, -0.2) is 4.39 Å². The third-order valence-electron chi connectivity index (χ3n) is 4.66. The van der Waals surface area contributed by atoms with Gasteiger partial charge in [-0.15, -0.1) is 0 Å². The summed E-state index contributed by atoms with van der Waals surface area (Å²) in [6.07, 6.45) is 0. The Bertz CT molecular complexity index is 894. The first-order chi connectivity index (χ1) is 13.0. The molecule has 0 saturated heterocycles. The Morgan fingerprint density at radius 3 is 2.30 bits per heavy atom. The molecule has 138 valence electrons. The first kappa shape index (κ1) is 18.8. The van der Waals surface area contributed by atoms with Crippen molar-refractivity contribution in [3.63, 3.8) is 0 Å². The largest absolute Gasteiger partial charge is 0.324 e. The van der Waals surface area contributed by atoms with Gasteiger partial charge in [-0.2, -0.15) is 0 Å². The van der Waals surface area contributed by atoms with Crippen molar-refractivity contribution >= 4 is 11.6 Å². The SMILES string of the molecule is C[C@H](C(=O)Nc1ccccc1-c1ccccc1)N(C)Cc1ccc(F)cc1. The summed E-state index contributed by atoms with van der Waals surface area (Å²) in [6, 6.07) is 23.8. The van der Waals surface area contributed by atoms with Gasteiger partial charge in [-0.05, 0) is 43.3 Å². The first-order valence-electron chi connectivity index (χ1n) is 8.94. The number of anilines is 1. The fraction of sp³-hybridized carbons (Fsp3) is 0.174. The number of para-hydroxylation sites is 1. The lowest BCUT2D eigenvalue weighted by Gasteiger charge is -2.24. The fourth-order valence-corrected chi connectivity index (χ4v) is 2.91. The van der Waals surface area contributed by atoms with Crippen LogP contribution in [0.5, 0.6) is 0 Å². The van der Waals surface area contributed by atoms with Gasteiger partial charge in [0.25, 0.3) is 0 Å². The highest BCUT2D eigenvalue weighted by atomic mass is 19.1. The molecule has 3 aromatic rings. The van der Waals surface area contributed by atoms with E-state index in [4.69, 9.17) is 0 Å². The minimum Gasteiger partial charge on any atom is -0.324 e. The van der Waals surface area contributed by atoms with Crippen LogP contribution in [0.15, 0.2) is 78.9 Å². The zero-order valence-corrected chi connectivity index (χ0v) is 15.5. The molecule has 3 aromatic carbocycles. The monoisotopic (exact) mass is 362 g/mol. The Labute approximate surface area is 159 Å². The molecule has 4 heteroatoms. The lowest BCUT2D eigenvalue weighted by Crippen LogP contribution is -2.39. The van der Waals surface area contributed by atoms with E-state index in [1.165, 1.54) is 12.1 Å². The first-order valence-corrected chi connectivity index (χ1v) is 8.94. The quantitative estimate of drug-likeness (QED) is 0.673. The molecule has 1 N–H and O–H groups in total. The van der Waals surface area contributed by atoms with Crippen molar-refractivity contribution in [2.24, 2.45) is 0 Å². The summed E-state index contributed by atoms with van der Waals surface area (Å²) in [7, 11) is 1.89. The molecule has 0 aliphatic heterocycles. The van der Waals surface area contributed by atoms with Gasteiger partial charge in [0.15, 0.2) is 0 Å². The highest BCUT2D eigenvalue weighted by Gasteiger charge is 2.19. The van der Waals surface area contributed by atoms with Crippen molar-refractivity contribution in [2.45, 2.75) is 19.5 Å². The molecule has 0 saturated carbocycles. The topological polar surface area (TPSA) is 32.3 Å².